The minimum Gasteiger partial charge on any atom is -0.460 e. The molecule has 36 heavy (non-hydrogen) atoms. The molecule has 1 N–H and O–H groups in total. The summed E-state index contributed by atoms with van der Waals surface area (Å²) in [6.07, 6.45) is 4.57. The lowest BCUT2D eigenvalue weighted by molar-refractivity contribution is -0.180. The van der Waals surface area contributed by atoms with Gasteiger partial charge >= 0.3 is 5.97 Å². The fourth-order valence-electron chi connectivity index (χ4n) is 7.95. The summed E-state index contributed by atoms with van der Waals surface area (Å²) in [6.45, 7) is 9.08. The second-order valence-electron chi connectivity index (χ2n) is 11.8. The highest BCUT2D eigenvalue weighted by molar-refractivity contribution is 7.86. The van der Waals surface area contributed by atoms with Crippen molar-refractivity contribution in [3.05, 3.63) is 42.5 Å². The molecule has 2 bridgehead atoms. The van der Waals surface area contributed by atoms with Gasteiger partial charge in [0.2, 0.25) is 0 Å². The molecule has 8 atom stereocenters. The number of Topliss-reactive ketones (excluding diaryl/α,β-unsaturated/α-hetero) is 1. The van der Waals surface area contributed by atoms with Crippen molar-refractivity contribution in [3.63, 3.8) is 0 Å². The van der Waals surface area contributed by atoms with Crippen molar-refractivity contribution < 1.29 is 32.0 Å². The molecule has 4 saturated carbocycles. The molecule has 7 nitrogen and oxygen atoms in total. The standard InChI is InChI=1S/C28H36O7S/c1-5-26(4)15-22(35-23(30)16-34-36(32,33)20-8-6-17(2)7-9-20)28-14-19(28)10-12-27(18(3)25(26)31)13-11-21(29)24(27)28/h5-9,18-19,22,24-25,31H,1,10-16H2,2-4H3/t18-,19?,22+,24+,25-,26+,27-,28-/m0/s1. The van der Waals surface area contributed by atoms with E-state index >= 15 is 0 Å². The molecule has 1 spiro atoms. The number of ether oxygens (including phenoxy) is 1. The first kappa shape index (κ1) is 25.6. The molecule has 0 aliphatic heterocycles. The largest absolute Gasteiger partial charge is 0.460 e. The Balaban J connectivity index is 1.42. The third-order valence-electron chi connectivity index (χ3n) is 10.1. The third kappa shape index (κ3) is 3.71. The van der Waals surface area contributed by atoms with Gasteiger partial charge in [-0.3, -0.25) is 8.98 Å². The monoisotopic (exact) mass is 516 g/mol. The number of aryl methyl sites for hydroxylation is 1. The molecule has 4 aliphatic rings. The summed E-state index contributed by atoms with van der Waals surface area (Å²) in [4.78, 5) is 26.3. The SMILES string of the molecule is C=C[C@]1(C)C[C@@H](OC(=O)COS(=O)(=O)c2ccc(C)cc2)[C@]23CC2CC[C@]2(CCC(=O)[C@H]23)[C@@H](C)[C@@H]1O. The Morgan fingerprint density at radius 1 is 1.22 bits per heavy atom. The fourth-order valence-corrected chi connectivity index (χ4v) is 8.80. The van der Waals surface area contributed by atoms with Gasteiger partial charge in [-0.05, 0) is 68.4 Å². The van der Waals surface area contributed by atoms with E-state index in [0.29, 0.717) is 12.8 Å². The Kier molecular flexibility index (Phi) is 6.05. The first-order valence-corrected chi connectivity index (χ1v) is 14.3. The van der Waals surface area contributed by atoms with Crippen LogP contribution in [0.2, 0.25) is 0 Å². The second-order valence-corrected chi connectivity index (χ2v) is 13.5. The number of aliphatic hydroxyl groups excluding tert-OH is 1. The maximum Gasteiger partial charge on any atom is 0.333 e. The van der Waals surface area contributed by atoms with Crippen LogP contribution in [0.5, 0.6) is 0 Å². The number of hydrogen-bond donors (Lipinski definition) is 1. The van der Waals surface area contributed by atoms with E-state index < -0.39 is 45.7 Å². The zero-order chi connectivity index (χ0) is 26.1. The highest BCUT2D eigenvalue weighted by Gasteiger charge is 2.76. The topological polar surface area (TPSA) is 107 Å². The van der Waals surface area contributed by atoms with E-state index in [4.69, 9.17) is 8.92 Å². The van der Waals surface area contributed by atoms with Crippen LogP contribution in [0.4, 0.5) is 0 Å². The van der Waals surface area contributed by atoms with Crippen LogP contribution in [0.3, 0.4) is 0 Å². The first-order chi connectivity index (χ1) is 16.9. The molecule has 0 heterocycles. The quantitative estimate of drug-likeness (QED) is 0.346. The lowest BCUT2D eigenvalue weighted by Gasteiger charge is -2.55. The predicted octanol–water partition coefficient (Wildman–Crippen LogP) is 3.97. The van der Waals surface area contributed by atoms with Crippen molar-refractivity contribution >= 4 is 21.9 Å². The van der Waals surface area contributed by atoms with Crippen LogP contribution in [0, 0.1) is 40.9 Å². The molecule has 4 fully saturated rings. The van der Waals surface area contributed by atoms with Crippen LogP contribution in [0.25, 0.3) is 0 Å². The molecular formula is C28H36O7S. The maximum atomic E-state index is 13.3. The first-order valence-electron chi connectivity index (χ1n) is 12.9. The van der Waals surface area contributed by atoms with Crippen molar-refractivity contribution in [3.8, 4) is 0 Å². The van der Waals surface area contributed by atoms with Crippen molar-refractivity contribution in [2.75, 3.05) is 6.61 Å². The van der Waals surface area contributed by atoms with E-state index in [1.54, 1.807) is 18.2 Å². The Bertz CT molecular complexity index is 1190. The minimum absolute atomic E-state index is 0.0299. The van der Waals surface area contributed by atoms with Gasteiger partial charge in [-0.15, -0.1) is 6.58 Å². The van der Waals surface area contributed by atoms with Crippen LogP contribution in [0.1, 0.15) is 57.9 Å². The van der Waals surface area contributed by atoms with Gasteiger partial charge in [0.05, 0.1) is 11.0 Å². The van der Waals surface area contributed by atoms with Gasteiger partial charge in [-0.25, -0.2) is 4.79 Å². The van der Waals surface area contributed by atoms with E-state index in [9.17, 15) is 23.1 Å². The molecule has 1 unspecified atom stereocenters. The number of carbonyl (C=O) groups excluding carboxylic acids is 2. The van der Waals surface area contributed by atoms with Crippen molar-refractivity contribution in [1.29, 1.82) is 0 Å². The Morgan fingerprint density at radius 3 is 2.58 bits per heavy atom. The van der Waals surface area contributed by atoms with Crippen molar-refractivity contribution in [2.24, 2.45) is 34.0 Å². The summed E-state index contributed by atoms with van der Waals surface area (Å²) < 4.78 is 36.2. The van der Waals surface area contributed by atoms with Crippen LogP contribution >= 0.6 is 0 Å². The number of rotatable bonds is 6. The molecule has 1 aromatic carbocycles. The van der Waals surface area contributed by atoms with Gasteiger partial charge in [0, 0.05) is 23.2 Å². The molecule has 0 amide bonds. The molecule has 196 valence electrons. The molecular weight excluding hydrogens is 480 g/mol. The average molecular weight is 517 g/mol. The molecule has 0 radical (unpaired) electrons. The molecule has 5 rings (SSSR count). The Hall–Kier alpha value is -2.03. The summed E-state index contributed by atoms with van der Waals surface area (Å²) in [5.74, 6) is -0.637. The van der Waals surface area contributed by atoms with E-state index in [0.717, 1.165) is 31.2 Å². The molecule has 1 aromatic rings. The Morgan fingerprint density at radius 2 is 1.92 bits per heavy atom. The lowest BCUT2D eigenvalue weighted by atomic mass is 9.50. The molecule has 8 heteroatoms. The third-order valence-corrected chi connectivity index (χ3v) is 11.4. The van der Waals surface area contributed by atoms with Gasteiger partial charge in [0.15, 0.2) is 6.61 Å². The summed E-state index contributed by atoms with van der Waals surface area (Å²) in [5, 5.41) is 11.5. The summed E-state index contributed by atoms with van der Waals surface area (Å²) in [6, 6.07) is 6.19. The number of aliphatic hydroxyl groups is 1. The predicted molar refractivity (Wildman–Crippen MR) is 132 cm³/mol. The average Bonchev–Trinajstić information content (AvgIpc) is 3.50. The van der Waals surface area contributed by atoms with Gasteiger partial charge in [0.1, 0.15) is 11.9 Å². The zero-order valence-electron chi connectivity index (χ0n) is 21.2. The number of esters is 1. The van der Waals surface area contributed by atoms with Crippen LogP contribution in [-0.2, 0) is 28.6 Å². The summed E-state index contributed by atoms with van der Waals surface area (Å²) in [7, 11) is -4.13. The normalized spacial score (nSPS) is 41.4. The van der Waals surface area contributed by atoms with Gasteiger partial charge in [-0.2, -0.15) is 8.42 Å². The number of carbonyl (C=O) groups is 2. The zero-order valence-corrected chi connectivity index (χ0v) is 22.1. The van der Waals surface area contributed by atoms with E-state index in [1.165, 1.54) is 12.1 Å². The molecule has 4 aliphatic carbocycles. The smallest absolute Gasteiger partial charge is 0.333 e. The fraction of sp³-hybridized carbons (Fsp3) is 0.643. The van der Waals surface area contributed by atoms with Crippen molar-refractivity contribution in [2.45, 2.75) is 76.4 Å². The summed E-state index contributed by atoms with van der Waals surface area (Å²) in [5.41, 5.74) is -0.594. The van der Waals surface area contributed by atoms with Crippen LogP contribution < -0.4 is 0 Å². The molecule has 0 saturated heterocycles. The summed E-state index contributed by atoms with van der Waals surface area (Å²) >= 11 is 0. The molecule has 0 aromatic heterocycles. The number of ketones is 1. The van der Waals surface area contributed by atoms with Gasteiger partial charge in [-0.1, -0.05) is 37.6 Å². The van der Waals surface area contributed by atoms with E-state index in [2.05, 4.69) is 13.5 Å². The number of hydrogen-bond acceptors (Lipinski definition) is 7. The highest BCUT2D eigenvalue weighted by atomic mass is 32.2. The van der Waals surface area contributed by atoms with Gasteiger partial charge < -0.3 is 9.84 Å². The van der Waals surface area contributed by atoms with Crippen LogP contribution in [-0.4, -0.2) is 44.1 Å². The van der Waals surface area contributed by atoms with E-state index in [-0.39, 0.29) is 33.8 Å². The maximum absolute atomic E-state index is 13.3. The highest BCUT2D eigenvalue weighted by Crippen LogP contribution is 2.77. The minimum atomic E-state index is -4.13. The van der Waals surface area contributed by atoms with Gasteiger partial charge in [0.25, 0.3) is 10.1 Å². The van der Waals surface area contributed by atoms with E-state index in [1.807, 2.05) is 13.8 Å². The lowest BCUT2D eigenvalue weighted by Crippen LogP contribution is -2.58. The van der Waals surface area contributed by atoms with Crippen LogP contribution in [0.15, 0.2) is 41.8 Å². The second kappa shape index (κ2) is 8.50. The van der Waals surface area contributed by atoms with Crippen molar-refractivity contribution in [1.82, 2.24) is 0 Å². The number of benzene rings is 1. The Labute approximate surface area is 213 Å².